The van der Waals surface area contributed by atoms with Gasteiger partial charge < -0.3 is 9.88 Å². The van der Waals surface area contributed by atoms with Crippen molar-refractivity contribution in [3.05, 3.63) is 56.1 Å². The van der Waals surface area contributed by atoms with Crippen molar-refractivity contribution in [2.45, 2.75) is 12.8 Å². The summed E-state index contributed by atoms with van der Waals surface area (Å²) in [5.74, 6) is 0.0800. The third-order valence-corrected chi connectivity index (χ3v) is 4.12. The van der Waals surface area contributed by atoms with Gasteiger partial charge in [-0.05, 0) is 23.4 Å². The minimum Gasteiger partial charge on any atom is -0.338 e. The van der Waals surface area contributed by atoms with Crippen molar-refractivity contribution in [3.8, 4) is 0 Å². The molecule has 3 heterocycles. The fourth-order valence-corrected chi connectivity index (χ4v) is 3.02. The predicted molar refractivity (Wildman–Crippen MR) is 74.7 cm³/mol. The monoisotopic (exact) mass is 274 g/mol. The number of amides is 1. The van der Waals surface area contributed by atoms with Crippen LogP contribution >= 0.6 is 11.3 Å². The summed E-state index contributed by atoms with van der Waals surface area (Å²) >= 11 is 1.53. The van der Waals surface area contributed by atoms with Crippen LogP contribution in [0, 0.1) is 0 Å². The van der Waals surface area contributed by atoms with Crippen LogP contribution in [0.4, 0.5) is 0 Å². The van der Waals surface area contributed by atoms with E-state index in [1.54, 1.807) is 6.07 Å². The Morgan fingerprint density at radius 1 is 1.21 bits per heavy atom. The molecule has 0 aromatic carbocycles. The quantitative estimate of drug-likeness (QED) is 0.860. The Morgan fingerprint density at radius 3 is 2.84 bits per heavy atom. The Bertz CT molecular complexity index is 646. The number of pyridine rings is 1. The van der Waals surface area contributed by atoms with Gasteiger partial charge in [-0.15, -0.1) is 0 Å². The van der Waals surface area contributed by atoms with Gasteiger partial charge in [-0.25, -0.2) is 0 Å². The Balaban J connectivity index is 1.80. The molecule has 0 aliphatic carbocycles. The van der Waals surface area contributed by atoms with Gasteiger partial charge in [-0.2, -0.15) is 11.3 Å². The van der Waals surface area contributed by atoms with Crippen LogP contribution in [0.5, 0.6) is 0 Å². The molecular formula is C14H14N2O2S. The van der Waals surface area contributed by atoms with Crippen molar-refractivity contribution < 1.29 is 4.79 Å². The normalized spacial score (nSPS) is 14.8. The van der Waals surface area contributed by atoms with Gasteiger partial charge in [0.1, 0.15) is 0 Å². The van der Waals surface area contributed by atoms with Gasteiger partial charge in [0.15, 0.2) is 0 Å². The standard InChI is InChI=1S/C14H14N2O2S/c17-13-2-1-10-3-6-16(7-4-12(10)15-13)14(18)11-5-8-19-9-11/h1-2,5,8-9H,3-4,6-7H2,(H,15,17). The van der Waals surface area contributed by atoms with Gasteiger partial charge in [-0.3, -0.25) is 9.59 Å². The second-order valence-corrected chi connectivity index (χ2v) is 5.41. The molecule has 0 unspecified atom stereocenters. The van der Waals surface area contributed by atoms with Gasteiger partial charge in [0.25, 0.3) is 5.91 Å². The number of carbonyl (C=O) groups is 1. The number of hydrogen-bond donors (Lipinski definition) is 1. The second-order valence-electron chi connectivity index (χ2n) is 4.63. The van der Waals surface area contributed by atoms with E-state index in [0.717, 1.165) is 23.2 Å². The molecule has 0 bridgehead atoms. The van der Waals surface area contributed by atoms with E-state index in [1.807, 2.05) is 27.8 Å². The fraction of sp³-hybridized carbons (Fsp3) is 0.286. The largest absolute Gasteiger partial charge is 0.338 e. The maximum Gasteiger partial charge on any atom is 0.254 e. The highest BCUT2D eigenvalue weighted by molar-refractivity contribution is 7.08. The average Bonchev–Trinajstić information content (AvgIpc) is 2.86. The van der Waals surface area contributed by atoms with Gasteiger partial charge >= 0.3 is 0 Å². The summed E-state index contributed by atoms with van der Waals surface area (Å²) in [5, 5.41) is 3.79. The van der Waals surface area contributed by atoms with E-state index in [1.165, 1.54) is 11.3 Å². The third-order valence-electron chi connectivity index (χ3n) is 3.44. The van der Waals surface area contributed by atoms with Crippen LogP contribution in [0.15, 0.2) is 33.8 Å². The fourth-order valence-electron chi connectivity index (χ4n) is 2.39. The number of aromatic amines is 1. The van der Waals surface area contributed by atoms with E-state index in [-0.39, 0.29) is 11.5 Å². The molecular weight excluding hydrogens is 260 g/mol. The van der Waals surface area contributed by atoms with Crippen molar-refractivity contribution in [1.82, 2.24) is 9.88 Å². The van der Waals surface area contributed by atoms with Crippen molar-refractivity contribution in [3.63, 3.8) is 0 Å². The molecule has 5 heteroatoms. The van der Waals surface area contributed by atoms with Crippen molar-refractivity contribution in [2.24, 2.45) is 0 Å². The molecule has 0 fully saturated rings. The zero-order valence-corrected chi connectivity index (χ0v) is 11.2. The number of fused-ring (bicyclic) bond motifs is 1. The first kappa shape index (κ1) is 12.2. The average molecular weight is 274 g/mol. The Hall–Kier alpha value is -1.88. The molecule has 1 aliphatic heterocycles. The van der Waals surface area contributed by atoms with Crippen LogP contribution in [-0.4, -0.2) is 28.9 Å². The molecule has 98 valence electrons. The predicted octanol–water partition coefficient (Wildman–Crippen LogP) is 1.68. The number of thiophene rings is 1. The summed E-state index contributed by atoms with van der Waals surface area (Å²) in [6, 6.07) is 5.27. The van der Waals surface area contributed by atoms with Crippen LogP contribution in [-0.2, 0) is 12.8 Å². The SMILES string of the molecule is O=C(c1ccsc1)N1CCc2ccc(=O)[nH]c2CC1. The van der Waals surface area contributed by atoms with E-state index in [0.29, 0.717) is 19.5 Å². The molecule has 3 rings (SSSR count). The zero-order valence-electron chi connectivity index (χ0n) is 10.4. The highest BCUT2D eigenvalue weighted by atomic mass is 32.1. The number of nitrogens with zero attached hydrogens (tertiary/aromatic N) is 1. The van der Waals surface area contributed by atoms with Crippen LogP contribution in [0.3, 0.4) is 0 Å². The summed E-state index contributed by atoms with van der Waals surface area (Å²) in [7, 11) is 0. The van der Waals surface area contributed by atoms with Crippen LogP contribution < -0.4 is 5.56 Å². The van der Waals surface area contributed by atoms with Crippen molar-refractivity contribution in [2.75, 3.05) is 13.1 Å². The number of carbonyl (C=O) groups excluding carboxylic acids is 1. The highest BCUT2D eigenvalue weighted by Gasteiger charge is 2.20. The third kappa shape index (κ3) is 2.46. The van der Waals surface area contributed by atoms with E-state index in [2.05, 4.69) is 4.98 Å². The van der Waals surface area contributed by atoms with E-state index in [9.17, 15) is 9.59 Å². The van der Waals surface area contributed by atoms with Crippen LogP contribution in [0.2, 0.25) is 0 Å². The number of aromatic nitrogens is 1. The molecule has 0 saturated heterocycles. The summed E-state index contributed by atoms with van der Waals surface area (Å²) in [6.45, 7) is 1.36. The molecule has 0 atom stereocenters. The summed E-state index contributed by atoms with van der Waals surface area (Å²) in [6.07, 6.45) is 1.50. The molecule has 2 aromatic rings. The maximum absolute atomic E-state index is 12.3. The molecule has 0 radical (unpaired) electrons. The minimum absolute atomic E-state index is 0.0728. The minimum atomic E-state index is -0.0728. The van der Waals surface area contributed by atoms with Gasteiger partial charge in [0.2, 0.25) is 5.56 Å². The lowest BCUT2D eigenvalue weighted by Crippen LogP contribution is -2.33. The molecule has 1 N–H and O–H groups in total. The van der Waals surface area contributed by atoms with Crippen molar-refractivity contribution in [1.29, 1.82) is 0 Å². The Kier molecular flexibility index (Phi) is 3.21. The van der Waals surface area contributed by atoms with Crippen molar-refractivity contribution >= 4 is 17.2 Å². The Labute approximate surface area is 114 Å². The number of rotatable bonds is 1. The molecule has 0 spiro atoms. The Morgan fingerprint density at radius 2 is 2.05 bits per heavy atom. The summed E-state index contributed by atoms with van der Waals surface area (Å²) in [4.78, 5) is 28.3. The second kappa shape index (κ2) is 5.01. The van der Waals surface area contributed by atoms with E-state index < -0.39 is 0 Å². The number of nitrogens with one attached hydrogen (secondary N) is 1. The molecule has 19 heavy (non-hydrogen) atoms. The van der Waals surface area contributed by atoms with E-state index in [4.69, 9.17) is 0 Å². The van der Waals surface area contributed by atoms with Gasteiger partial charge in [-0.1, -0.05) is 6.07 Å². The van der Waals surface area contributed by atoms with Crippen LogP contribution in [0.1, 0.15) is 21.6 Å². The lowest BCUT2D eigenvalue weighted by Gasteiger charge is -2.19. The number of hydrogen-bond acceptors (Lipinski definition) is 3. The molecule has 2 aromatic heterocycles. The van der Waals surface area contributed by atoms with Crippen LogP contribution in [0.25, 0.3) is 0 Å². The summed E-state index contributed by atoms with van der Waals surface area (Å²) in [5.41, 5.74) is 2.79. The maximum atomic E-state index is 12.3. The van der Waals surface area contributed by atoms with Gasteiger partial charge in [0, 0.05) is 36.7 Å². The first-order valence-electron chi connectivity index (χ1n) is 6.26. The molecule has 1 amide bonds. The summed E-state index contributed by atoms with van der Waals surface area (Å²) < 4.78 is 0. The molecule has 4 nitrogen and oxygen atoms in total. The first-order chi connectivity index (χ1) is 9.24. The topological polar surface area (TPSA) is 53.2 Å². The number of H-pyrrole nitrogens is 1. The van der Waals surface area contributed by atoms with Gasteiger partial charge in [0.05, 0.1) is 5.56 Å². The lowest BCUT2D eigenvalue weighted by molar-refractivity contribution is 0.0763. The lowest BCUT2D eigenvalue weighted by atomic mass is 10.1. The first-order valence-corrected chi connectivity index (χ1v) is 7.21. The molecule has 1 aliphatic rings. The highest BCUT2D eigenvalue weighted by Crippen LogP contribution is 2.15. The van der Waals surface area contributed by atoms with E-state index >= 15 is 0 Å². The molecule has 0 saturated carbocycles. The zero-order chi connectivity index (χ0) is 13.2. The smallest absolute Gasteiger partial charge is 0.254 e.